The summed E-state index contributed by atoms with van der Waals surface area (Å²) >= 11 is 0. The molecule has 0 spiro atoms. The lowest BCUT2D eigenvalue weighted by Gasteiger charge is -2.11. The van der Waals surface area contributed by atoms with Crippen molar-refractivity contribution in [1.29, 1.82) is 0 Å². The molecule has 0 unspecified atom stereocenters. The third-order valence-electron chi connectivity index (χ3n) is 3.44. The quantitative estimate of drug-likeness (QED) is 0.850. The van der Waals surface area contributed by atoms with Gasteiger partial charge in [-0.3, -0.25) is 4.90 Å². The van der Waals surface area contributed by atoms with E-state index < -0.39 is 0 Å². The molecule has 0 saturated carbocycles. The molecule has 3 nitrogen and oxygen atoms in total. The van der Waals surface area contributed by atoms with Crippen LogP contribution in [0.25, 0.3) is 6.08 Å². The van der Waals surface area contributed by atoms with Gasteiger partial charge in [-0.15, -0.1) is 0 Å². The van der Waals surface area contributed by atoms with Crippen molar-refractivity contribution in [3.63, 3.8) is 0 Å². The molecule has 1 aliphatic heterocycles. The van der Waals surface area contributed by atoms with Crippen molar-refractivity contribution in [2.75, 3.05) is 6.54 Å². The molecule has 3 rings (SSSR count). The zero-order valence-corrected chi connectivity index (χ0v) is 12.0. The molecule has 0 radical (unpaired) electrons. The van der Waals surface area contributed by atoms with E-state index in [1.165, 1.54) is 5.56 Å². The summed E-state index contributed by atoms with van der Waals surface area (Å²) in [6.45, 7) is 3.14. The van der Waals surface area contributed by atoms with E-state index in [1.54, 1.807) is 4.90 Å². The lowest BCUT2D eigenvalue weighted by molar-refractivity contribution is 0.167. The number of benzene rings is 2. The van der Waals surface area contributed by atoms with Gasteiger partial charge in [-0.1, -0.05) is 60.2 Å². The van der Waals surface area contributed by atoms with E-state index in [4.69, 9.17) is 4.74 Å². The molecule has 1 saturated heterocycles. The molecule has 2 aromatic carbocycles. The van der Waals surface area contributed by atoms with Gasteiger partial charge in [0.1, 0.15) is 5.76 Å². The zero-order valence-electron chi connectivity index (χ0n) is 12.0. The fourth-order valence-corrected chi connectivity index (χ4v) is 2.31. The minimum atomic E-state index is -0.280. The Labute approximate surface area is 124 Å². The molecular formula is C18H17NO2. The maximum Gasteiger partial charge on any atom is 0.415 e. The van der Waals surface area contributed by atoms with Gasteiger partial charge in [-0.05, 0) is 24.1 Å². The number of cyclic esters (lactones) is 1. The minimum absolute atomic E-state index is 0.280. The summed E-state index contributed by atoms with van der Waals surface area (Å²) in [5.74, 6) is 0.694. The maximum atomic E-state index is 11.9. The smallest absolute Gasteiger partial charge is 0.413 e. The second-order valence-corrected chi connectivity index (χ2v) is 5.23. The highest BCUT2D eigenvalue weighted by molar-refractivity contribution is 5.74. The van der Waals surface area contributed by atoms with Crippen molar-refractivity contribution in [3.05, 3.63) is 77.0 Å². The van der Waals surface area contributed by atoms with Gasteiger partial charge in [-0.25, -0.2) is 4.79 Å². The molecule has 1 amide bonds. The topological polar surface area (TPSA) is 29.5 Å². The van der Waals surface area contributed by atoms with Crippen LogP contribution in [0.4, 0.5) is 4.79 Å². The van der Waals surface area contributed by atoms with E-state index in [-0.39, 0.29) is 6.09 Å². The van der Waals surface area contributed by atoms with Gasteiger partial charge in [0.2, 0.25) is 0 Å². The molecule has 0 bridgehead atoms. The summed E-state index contributed by atoms with van der Waals surface area (Å²) in [4.78, 5) is 13.6. The first-order valence-corrected chi connectivity index (χ1v) is 6.98. The second kappa shape index (κ2) is 5.83. The first kappa shape index (κ1) is 13.4. The molecule has 1 fully saturated rings. The highest BCUT2D eigenvalue weighted by Gasteiger charge is 2.26. The average molecular weight is 279 g/mol. The van der Waals surface area contributed by atoms with Gasteiger partial charge in [0.25, 0.3) is 0 Å². The van der Waals surface area contributed by atoms with Crippen LogP contribution in [-0.4, -0.2) is 17.5 Å². The van der Waals surface area contributed by atoms with Crippen molar-refractivity contribution in [3.8, 4) is 0 Å². The van der Waals surface area contributed by atoms with Crippen LogP contribution in [0.15, 0.2) is 60.4 Å². The predicted octanol–water partition coefficient (Wildman–Crippen LogP) is 3.99. The van der Waals surface area contributed by atoms with Gasteiger partial charge in [-0.2, -0.15) is 0 Å². The Morgan fingerprint density at radius 3 is 2.52 bits per heavy atom. The van der Waals surface area contributed by atoms with Crippen molar-refractivity contribution in [2.24, 2.45) is 0 Å². The summed E-state index contributed by atoms with van der Waals surface area (Å²) in [6.07, 6.45) is 1.64. The number of hydrogen-bond donors (Lipinski definition) is 0. The van der Waals surface area contributed by atoms with Gasteiger partial charge in [0.15, 0.2) is 0 Å². The molecule has 106 valence electrons. The van der Waals surface area contributed by atoms with Gasteiger partial charge >= 0.3 is 6.09 Å². The number of hydrogen-bond acceptors (Lipinski definition) is 2. The number of carbonyl (C=O) groups is 1. The lowest BCUT2D eigenvalue weighted by atomic mass is 10.1. The van der Waals surface area contributed by atoms with Crippen LogP contribution in [0.2, 0.25) is 0 Å². The lowest BCUT2D eigenvalue weighted by Crippen LogP contribution is -2.23. The molecule has 3 heteroatoms. The predicted molar refractivity (Wildman–Crippen MR) is 82.5 cm³/mol. The number of rotatable bonds is 3. The van der Waals surface area contributed by atoms with Gasteiger partial charge in [0.05, 0.1) is 6.54 Å². The first-order chi connectivity index (χ1) is 10.2. The molecule has 2 aromatic rings. The second-order valence-electron chi connectivity index (χ2n) is 5.23. The summed E-state index contributed by atoms with van der Waals surface area (Å²) in [7, 11) is 0. The van der Waals surface area contributed by atoms with E-state index in [0.717, 1.165) is 11.1 Å². The third kappa shape index (κ3) is 3.31. The molecule has 21 heavy (non-hydrogen) atoms. The molecule has 0 atom stereocenters. The number of carbonyl (C=O) groups excluding carboxylic acids is 1. The molecule has 1 heterocycles. The zero-order chi connectivity index (χ0) is 14.7. The molecule has 0 N–H and O–H groups in total. The Bertz CT molecular complexity index is 659. The number of amides is 1. The van der Waals surface area contributed by atoms with E-state index >= 15 is 0 Å². The fraction of sp³-hybridized carbons (Fsp3) is 0.167. The third-order valence-corrected chi connectivity index (χ3v) is 3.44. The fourth-order valence-electron chi connectivity index (χ4n) is 2.31. The van der Waals surface area contributed by atoms with E-state index in [1.807, 2.05) is 67.6 Å². The summed E-state index contributed by atoms with van der Waals surface area (Å²) in [5.41, 5.74) is 3.36. The summed E-state index contributed by atoms with van der Waals surface area (Å²) in [6, 6.07) is 18.1. The van der Waals surface area contributed by atoms with Crippen LogP contribution < -0.4 is 0 Å². The van der Waals surface area contributed by atoms with Crippen LogP contribution in [0.1, 0.15) is 16.7 Å². The van der Waals surface area contributed by atoms with E-state index in [2.05, 4.69) is 0 Å². The highest BCUT2D eigenvalue weighted by atomic mass is 16.6. The van der Waals surface area contributed by atoms with Gasteiger partial charge < -0.3 is 4.74 Å². The Morgan fingerprint density at radius 1 is 1.10 bits per heavy atom. The minimum Gasteiger partial charge on any atom is -0.413 e. The Hall–Kier alpha value is -2.55. The monoisotopic (exact) mass is 279 g/mol. The molecule has 1 aliphatic rings. The summed E-state index contributed by atoms with van der Waals surface area (Å²) in [5, 5.41) is 0. The first-order valence-electron chi connectivity index (χ1n) is 6.98. The van der Waals surface area contributed by atoms with Crippen molar-refractivity contribution in [2.45, 2.75) is 13.5 Å². The van der Waals surface area contributed by atoms with Crippen molar-refractivity contribution >= 4 is 12.2 Å². The number of aryl methyl sites for hydroxylation is 1. The van der Waals surface area contributed by atoms with Gasteiger partial charge in [0, 0.05) is 6.54 Å². The standard InChI is InChI=1S/C18H17NO2/c1-14-7-9-15(10-8-14)11-17-13-19(18(20)21-17)12-16-5-3-2-4-6-16/h2-11H,12-13H2,1H3. The van der Waals surface area contributed by atoms with Crippen LogP contribution in [0.5, 0.6) is 0 Å². The van der Waals surface area contributed by atoms with Crippen LogP contribution in [0.3, 0.4) is 0 Å². The molecule has 0 aliphatic carbocycles. The molecule has 0 aromatic heterocycles. The average Bonchev–Trinajstić information content (AvgIpc) is 2.82. The van der Waals surface area contributed by atoms with Crippen LogP contribution in [-0.2, 0) is 11.3 Å². The Balaban J connectivity index is 1.71. The normalized spacial score (nSPS) is 16.3. The SMILES string of the molecule is Cc1ccc(C=C2CN(Cc3ccccc3)C(=O)O2)cc1. The Kier molecular flexibility index (Phi) is 3.73. The van der Waals surface area contributed by atoms with Crippen molar-refractivity contribution < 1.29 is 9.53 Å². The summed E-state index contributed by atoms with van der Waals surface area (Å²) < 4.78 is 5.33. The molecular weight excluding hydrogens is 262 g/mol. The van der Waals surface area contributed by atoms with E-state index in [9.17, 15) is 4.79 Å². The van der Waals surface area contributed by atoms with Crippen LogP contribution >= 0.6 is 0 Å². The largest absolute Gasteiger partial charge is 0.415 e. The number of ether oxygens (including phenoxy) is 1. The Morgan fingerprint density at radius 2 is 1.81 bits per heavy atom. The maximum absolute atomic E-state index is 11.9. The highest BCUT2D eigenvalue weighted by Crippen LogP contribution is 2.20. The van der Waals surface area contributed by atoms with E-state index in [0.29, 0.717) is 18.8 Å². The number of nitrogens with zero attached hydrogens (tertiary/aromatic N) is 1. The van der Waals surface area contributed by atoms with Crippen molar-refractivity contribution in [1.82, 2.24) is 4.90 Å². The van der Waals surface area contributed by atoms with Crippen LogP contribution in [0, 0.1) is 6.92 Å².